The number of benzene rings is 4. The summed E-state index contributed by atoms with van der Waals surface area (Å²) in [6.45, 7) is 0. The monoisotopic (exact) mass is 462 g/mol. The molecule has 4 aromatic rings. The summed E-state index contributed by atoms with van der Waals surface area (Å²) in [5.41, 5.74) is 0.333. The topological polar surface area (TPSA) is 0 Å². The van der Waals surface area contributed by atoms with E-state index in [1.165, 1.54) is 12.1 Å². The zero-order valence-electron chi connectivity index (χ0n) is 16.3. The normalized spacial score (nSPS) is 12.1. The Morgan fingerprint density at radius 3 is 1.48 bits per heavy atom. The molecule has 0 saturated heterocycles. The van der Waals surface area contributed by atoms with Crippen molar-refractivity contribution < 1.29 is 35.1 Å². The summed E-state index contributed by atoms with van der Waals surface area (Å²) in [6.07, 6.45) is 0.335. The van der Waals surface area contributed by atoms with Crippen LogP contribution in [-0.4, -0.2) is 0 Å². The highest BCUT2D eigenvalue weighted by molar-refractivity contribution is 5.91. The van der Waals surface area contributed by atoms with Gasteiger partial charge >= 0.3 is 0 Å². The number of halogens is 8. The highest BCUT2D eigenvalue weighted by atomic mass is 19.2. The molecule has 0 aliphatic heterocycles. The molecule has 0 N–H and O–H groups in total. The first kappa shape index (κ1) is 21.2. The van der Waals surface area contributed by atoms with Crippen LogP contribution in [0.4, 0.5) is 35.1 Å². The maximum absolute atomic E-state index is 14.7. The molecule has 1 aliphatic rings. The fourth-order valence-corrected chi connectivity index (χ4v) is 4.17. The Labute approximate surface area is 181 Å². The molecule has 0 bridgehead atoms. The second-order valence-electron chi connectivity index (χ2n) is 7.58. The van der Waals surface area contributed by atoms with Crippen molar-refractivity contribution in [2.45, 2.75) is 6.42 Å². The van der Waals surface area contributed by atoms with Crippen molar-refractivity contribution in [1.82, 2.24) is 0 Å². The largest absolute Gasteiger partial charge is 0.204 e. The summed E-state index contributed by atoms with van der Waals surface area (Å²) >= 11 is 0. The maximum Gasteiger partial charge on any atom is 0.198 e. The zero-order chi connectivity index (χ0) is 23.6. The summed E-state index contributed by atoms with van der Waals surface area (Å²) in [5.74, 6) is -15.3. The molecule has 0 unspecified atom stereocenters. The van der Waals surface area contributed by atoms with E-state index in [1.807, 2.05) is 0 Å². The highest BCUT2D eigenvalue weighted by Gasteiger charge is 2.28. The van der Waals surface area contributed by atoms with Gasteiger partial charge < -0.3 is 0 Å². The lowest BCUT2D eigenvalue weighted by atomic mass is 9.89. The van der Waals surface area contributed by atoms with Crippen LogP contribution in [0.3, 0.4) is 0 Å². The van der Waals surface area contributed by atoms with Crippen LogP contribution in [0.1, 0.15) is 11.1 Å². The van der Waals surface area contributed by atoms with E-state index in [9.17, 15) is 35.1 Å². The van der Waals surface area contributed by atoms with Crippen LogP contribution in [0.5, 0.6) is 0 Å². The number of rotatable bonds is 2. The molecule has 0 radical (unpaired) electrons. The quantitative estimate of drug-likeness (QED) is 0.143. The van der Waals surface area contributed by atoms with Crippen LogP contribution < -0.4 is 0 Å². The van der Waals surface area contributed by atoms with Gasteiger partial charge in [-0.3, -0.25) is 0 Å². The SMILES string of the molecule is Fc1cc(-c2cc3c(cc2-c2cc(F)c(F)c(F)c2F)-c2ccccc2C3)c(F)c(F)c1F. The zero-order valence-corrected chi connectivity index (χ0v) is 16.3. The standard InChI is InChI=1S/C25H10F8/c26-18-8-16(20(28)24(32)22(18)30)14-6-11-5-10-3-1-2-4-12(10)13(11)7-15(14)17-9-19(27)23(31)25(33)21(17)29/h1-4,6-9H,5H2. The molecule has 0 fully saturated rings. The first-order valence-electron chi connectivity index (χ1n) is 9.61. The molecule has 8 heteroatoms. The molecule has 1 aliphatic carbocycles. The molecule has 0 spiro atoms. The summed E-state index contributed by atoms with van der Waals surface area (Å²) in [7, 11) is 0. The summed E-state index contributed by atoms with van der Waals surface area (Å²) in [6, 6.07) is 10.3. The van der Waals surface area contributed by atoms with Crippen LogP contribution in [0.2, 0.25) is 0 Å². The van der Waals surface area contributed by atoms with Crippen LogP contribution >= 0.6 is 0 Å². The lowest BCUT2D eigenvalue weighted by Crippen LogP contribution is -2.03. The van der Waals surface area contributed by atoms with E-state index < -0.39 is 57.7 Å². The highest BCUT2D eigenvalue weighted by Crippen LogP contribution is 2.45. The van der Waals surface area contributed by atoms with Crippen LogP contribution in [0, 0.1) is 46.5 Å². The average molecular weight is 462 g/mol. The lowest BCUT2D eigenvalue weighted by molar-refractivity contribution is 0.410. The first-order valence-corrected chi connectivity index (χ1v) is 9.61. The van der Waals surface area contributed by atoms with Crippen molar-refractivity contribution in [3.8, 4) is 33.4 Å². The average Bonchev–Trinajstić information content (AvgIpc) is 3.18. The second kappa shape index (κ2) is 7.43. The number of hydrogen-bond donors (Lipinski definition) is 0. The summed E-state index contributed by atoms with van der Waals surface area (Å²) < 4.78 is 112. The minimum absolute atomic E-state index is 0.335. The van der Waals surface area contributed by atoms with E-state index >= 15 is 0 Å². The Bertz CT molecular complexity index is 1470. The third kappa shape index (κ3) is 3.12. The Morgan fingerprint density at radius 1 is 0.394 bits per heavy atom. The van der Waals surface area contributed by atoms with Crippen molar-refractivity contribution in [1.29, 1.82) is 0 Å². The molecule has 33 heavy (non-hydrogen) atoms. The van der Waals surface area contributed by atoms with E-state index in [2.05, 4.69) is 0 Å². The van der Waals surface area contributed by atoms with Gasteiger partial charge in [0.15, 0.2) is 46.5 Å². The van der Waals surface area contributed by atoms with Gasteiger partial charge in [-0.25, -0.2) is 35.1 Å². The fourth-order valence-electron chi connectivity index (χ4n) is 4.17. The molecule has 0 nitrogen and oxygen atoms in total. The maximum atomic E-state index is 14.7. The first-order chi connectivity index (χ1) is 15.7. The van der Waals surface area contributed by atoms with Gasteiger partial charge in [-0.2, -0.15) is 0 Å². The minimum atomic E-state index is -2.10. The van der Waals surface area contributed by atoms with E-state index in [4.69, 9.17) is 0 Å². The minimum Gasteiger partial charge on any atom is -0.204 e. The fraction of sp³-hybridized carbons (Fsp3) is 0.0400. The summed E-state index contributed by atoms with van der Waals surface area (Å²) in [5, 5.41) is 0. The summed E-state index contributed by atoms with van der Waals surface area (Å²) in [4.78, 5) is 0. The van der Waals surface area contributed by atoms with Crippen molar-refractivity contribution in [3.05, 3.63) is 106 Å². The van der Waals surface area contributed by atoms with Gasteiger partial charge in [0.25, 0.3) is 0 Å². The van der Waals surface area contributed by atoms with Crippen molar-refractivity contribution in [2.24, 2.45) is 0 Å². The molecule has 0 amide bonds. The van der Waals surface area contributed by atoms with Crippen molar-refractivity contribution >= 4 is 0 Å². The Hall–Kier alpha value is -3.68. The third-order valence-electron chi connectivity index (χ3n) is 5.72. The van der Waals surface area contributed by atoms with Crippen molar-refractivity contribution in [2.75, 3.05) is 0 Å². The van der Waals surface area contributed by atoms with E-state index in [0.29, 0.717) is 35.2 Å². The van der Waals surface area contributed by atoms with Gasteiger partial charge in [0.2, 0.25) is 0 Å². The van der Waals surface area contributed by atoms with Crippen LogP contribution in [0.15, 0.2) is 48.5 Å². The Kier molecular flexibility index (Phi) is 4.77. The van der Waals surface area contributed by atoms with Crippen LogP contribution in [-0.2, 0) is 6.42 Å². The van der Waals surface area contributed by atoms with Gasteiger partial charge in [-0.1, -0.05) is 24.3 Å². The number of fused-ring (bicyclic) bond motifs is 3. The molecule has 0 saturated carbocycles. The van der Waals surface area contributed by atoms with Crippen molar-refractivity contribution in [3.63, 3.8) is 0 Å². The predicted molar refractivity (Wildman–Crippen MR) is 105 cm³/mol. The van der Waals surface area contributed by atoms with E-state index in [1.54, 1.807) is 24.3 Å². The Balaban J connectivity index is 1.88. The van der Waals surface area contributed by atoms with Gasteiger partial charge in [0.1, 0.15) is 0 Å². The lowest BCUT2D eigenvalue weighted by Gasteiger charge is -2.16. The van der Waals surface area contributed by atoms with Crippen LogP contribution in [0.25, 0.3) is 33.4 Å². The smallest absolute Gasteiger partial charge is 0.198 e. The van der Waals surface area contributed by atoms with E-state index in [0.717, 1.165) is 5.56 Å². The molecule has 5 rings (SSSR count). The number of hydrogen-bond acceptors (Lipinski definition) is 0. The molecule has 0 heterocycles. The second-order valence-corrected chi connectivity index (χ2v) is 7.58. The molecule has 166 valence electrons. The molecule has 4 aromatic carbocycles. The van der Waals surface area contributed by atoms with Gasteiger partial charge in [-0.05, 0) is 64.1 Å². The molecule has 0 atom stereocenters. The Morgan fingerprint density at radius 2 is 0.909 bits per heavy atom. The third-order valence-corrected chi connectivity index (χ3v) is 5.72. The van der Waals surface area contributed by atoms with Gasteiger partial charge in [0.05, 0.1) is 0 Å². The van der Waals surface area contributed by atoms with E-state index in [-0.39, 0.29) is 11.1 Å². The molecule has 0 aromatic heterocycles. The van der Waals surface area contributed by atoms with Gasteiger partial charge in [0, 0.05) is 11.1 Å². The predicted octanol–water partition coefficient (Wildman–Crippen LogP) is 7.70. The van der Waals surface area contributed by atoms with Gasteiger partial charge in [-0.15, -0.1) is 0 Å². The molecular formula is C25H10F8. The molecular weight excluding hydrogens is 452 g/mol.